The molecular formula is C18H15ClN4O2. The van der Waals surface area contributed by atoms with Crippen molar-refractivity contribution in [2.24, 2.45) is 0 Å². The second kappa shape index (κ2) is 6.22. The van der Waals surface area contributed by atoms with E-state index >= 15 is 0 Å². The summed E-state index contributed by atoms with van der Waals surface area (Å²) in [5.74, 6) is 2.90. The largest absolute Gasteiger partial charge is 0.465 e. The zero-order valence-corrected chi connectivity index (χ0v) is 14.5. The summed E-state index contributed by atoms with van der Waals surface area (Å²) in [6, 6.07) is 11.2. The standard InChI is InChI=1S/C18H15ClN4O2/c1-10-3-8-14(24-10)9-20-18-17-16(21-11(2)22-18)15(23-25-17)12-4-6-13(19)7-5-12/h3-8H,9H2,1-2H3,(H,20,21,22). The number of furan rings is 1. The number of anilines is 1. The van der Waals surface area contributed by atoms with Crippen LogP contribution in [0.15, 0.2) is 45.3 Å². The highest BCUT2D eigenvalue weighted by atomic mass is 35.5. The highest BCUT2D eigenvalue weighted by Gasteiger charge is 2.17. The van der Waals surface area contributed by atoms with Crippen LogP contribution in [0.2, 0.25) is 5.02 Å². The topological polar surface area (TPSA) is 77.0 Å². The van der Waals surface area contributed by atoms with Crippen molar-refractivity contribution in [3.8, 4) is 11.3 Å². The number of fused-ring (bicyclic) bond motifs is 1. The van der Waals surface area contributed by atoms with E-state index in [4.69, 9.17) is 20.5 Å². The maximum absolute atomic E-state index is 5.95. The van der Waals surface area contributed by atoms with Crippen molar-refractivity contribution in [3.05, 3.63) is 58.8 Å². The van der Waals surface area contributed by atoms with Gasteiger partial charge in [0.05, 0.1) is 6.54 Å². The van der Waals surface area contributed by atoms with Crippen LogP contribution < -0.4 is 5.32 Å². The van der Waals surface area contributed by atoms with Crippen LogP contribution >= 0.6 is 11.6 Å². The van der Waals surface area contributed by atoms with Crippen molar-refractivity contribution in [1.29, 1.82) is 0 Å². The van der Waals surface area contributed by atoms with Crippen molar-refractivity contribution >= 4 is 28.5 Å². The number of halogens is 1. The second-order valence-electron chi connectivity index (χ2n) is 5.70. The molecule has 4 aromatic rings. The number of hydrogen-bond donors (Lipinski definition) is 1. The lowest BCUT2D eigenvalue weighted by molar-refractivity contribution is 0.458. The van der Waals surface area contributed by atoms with E-state index in [1.807, 2.05) is 50.2 Å². The molecule has 3 heterocycles. The van der Waals surface area contributed by atoms with Crippen LogP contribution in [0.5, 0.6) is 0 Å². The third-order valence-electron chi connectivity index (χ3n) is 3.77. The molecule has 1 N–H and O–H groups in total. The van der Waals surface area contributed by atoms with Gasteiger partial charge >= 0.3 is 0 Å². The van der Waals surface area contributed by atoms with E-state index in [-0.39, 0.29) is 0 Å². The van der Waals surface area contributed by atoms with Crippen molar-refractivity contribution in [3.63, 3.8) is 0 Å². The van der Waals surface area contributed by atoms with E-state index in [9.17, 15) is 0 Å². The first-order valence-corrected chi connectivity index (χ1v) is 8.17. The van der Waals surface area contributed by atoms with Gasteiger partial charge < -0.3 is 14.3 Å². The maximum atomic E-state index is 5.95. The fourth-order valence-electron chi connectivity index (χ4n) is 2.61. The minimum atomic E-state index is 0.496. The molecule has 0 bridgehead atoms. The Bertz CT molecular complexity index is 1040. The molecule has 4 rings (SSSR count). The lowest BCUT2D eigenvalue weighted by atomic mass is 10.1. The zero-order chi connectivity index (χ0) is 17.4. The molecule has 3 aromatic heterocycles. The molecule has 0 aliphatic carbocycles. The van der Waals surface area contributed by atoms with Crippen molar-refractivity contribution in [2.75, 3.05) is 5.32 Å². The normalized spacial score (nSPS) is 11.2. The molecule has 0 radical (unpaired) electrons. The number of rotatable bonds is 4. The Hall–Kier alpha value is -2.86. The molecule has 0 aliphatic rings. The molecule has 126 valence electrons. The van der Waals surface area contributed by atoms with Crippen LogP contribution in [0, 0.1) is 13.8 Å². The molecule has 0 spiro atoms. The molecule has 0 amide bonds. The smallest absolute Gasteiger partial charge is 0.228 e. The summed E-state index contributed by atoms with van der Waals surface area (Å²) >= 11 is 5.95. The van der Waals surface area contributed by atoms with Gasteiger partial charge in [-0.2, -0.15) is 0 Å². The van der Waals surface area contributed by atoms with Gasteiger partial charge in [-0.1, -0.05) is 28.9 Å². The molecule has 0 aliphatic heterocycles. The van der Waals surface area contributed by atoms with Crippen molar-refractivity contribution in [2.45, 2.75) is 20.4 Å². The Labute approximate surface area is 148 Å². The highest BCUT2D eigenvalue weighted by molar-refractivity contribution is 6.30. The van der Waals surface area contributed by atoms with Gasteiger partial charge in [0.25, 0.3) is 0 Å². The van der Waals surface area contributed by atoms with Gasteiger partial charge in [-0.3, -0.25) is 0 Å². The predicted octanol–water partition coefficient (Wildman–Crippen LogP) is 4.76. The summed E-state index contributed by atoms with van der Waals surface area (Å²) in [4.78, 5) is 8.92. The number of nitrogens with one attached hydrogen (secondary N) is 1. The molecule has 0 saturated carbocycles. The Morgan fingerprint density at radius 1 is 1.04 bits per heavy atom. The fraction of sp³-hybridized carbons (Fsp3) is 0.167. The lowest BCUT2D eigenvalue weighted by Crippen LogP contribution is -2.03. The van der Waals surface area contributed by atoms with E-state index < -0.39 is 0 Å². The molecule has 1 aromatic carbocycles. The third kappa shape index (κ3) is 3.08. The Morgan fingerprint density at radius 3 is 2.56 bits per heavy atom. The Kier molecular flexibility index (Phi) is 3.89. The van der Waals surface area contributed by atoms with Crippen LogP contribution in [-0.2, 0) is 6.54 Å². The number of aryl methyl sites for hydroxylation is 2. The quantitative estimate of drug-likeness (QED) is 0.569. The lowest BCUT2D eigenvalue weighted by Gasteiger charge is -2.05. The minimum absolute atomic E-state index is 0.496. The minimum Gasteiger partial charge on any atom is -0.465 e. The van der Waals surface area contributed by atoms with Gasteiger partial charge in [-0.15, -0.1) is 0 Å². The zero-order valence-electron chi connectivity index (χ0n) is 13.7. The first-order chi connectivity index (χ1) is 12.1. The summed E-state index contributed by atoms with van der Waals surface area (Å²) in [6.45, 7) is 4.24. The van der Waals surface area contributed by atoms with Gasteiger partial charge in [0, 0.05) is 10.6 Å². The van der Waals surface area contributed by atoms with Gasteiger partial charge in [0.2, 0.25) is 5.58 Å². The molecule has 0 atom stereocenters. The molecule has 0 fully saturated rings. The molecular weight excluding hydrogens is 340 g/mol. The monoisotopic (exact) mass is 354 g/mol. The van der Waals surface area contributed by atoms with Crippen molar-refractivity contribution < 1.29 is 8.94 Å². The van der Waals surface area contributed by atoms with E-state index in [1.54, 1.807) is 0 Å². The fourth-order valence-corrected chi connectivity index (χ4v) is 2.74. The summed E-state index contributed by atoms with van der Waals surface area (Å²) in [7, 11) is 0. The summed E-state index contributed by atoms with van der Waals surface area (Å²) in [6.07, 6.45) is 0. The van der Waals surface area contributed by atoms with E-state index in [2.05, 4.69) is 20.4 Å². The Morgan fingerprint density at radius 2 is 1.84 bits per heavy atom. The van der Waals surface area contributed by atoms with Gasteiger partial charge in [-0.25, -0.2) is 9.97 Å². The van der Waals surface area contributed by atoms with Crippen LogP contribution in [0.1, 0.15) is 17.3 Å². The van der Waals surface area contributed by atoms with Gasteiger partial charge in [0.15, 0.2) is 5.82 Å². The maximum Gasteiger partial charge on any atom is 0.228 e. The molecule has 7 heteroatoms. The highest BCUT2D eigenvalue weighted by Crippen LogP contribution is 2.30. The molecule has 25 heavy (non-hydrogen) atoms. The third-order valence-corrected chi connectivity index (χ3v) is 4.03. The number of nitrogens with zero attached hydrogens (tertiary/aromatic N) is 3. The second-order valence-corrected chi connectivity index (χ2v) is 6.14. The molecule has 0 unspecified atom stereocenters. The first kappa shape index (κ1) is 15.7. The van der Waals surface area contributed by atoms with E-state index in [0.717, 1.165) is 17.1 Å². The van der Waals surface area contributed by atoms with Crippen LogP contribution in [0.25, 0.3) is 22.4 Å². The van der Waals surface area contributed by atoms with Gasteiger partial charge in [-0.05, 0) is 38.1 Å². The number of aromatic nitrogens is 3. The summed E-state index contributed by atoms with van der Waals surface area (Å²) in [5.41, 5.74) is 2.72. The molecule has 0 saturated heterocycles. The summed E-state index contributed by atoms with van der Waals surface area (Å²) < 4.78 is 11.1. The first-order valence-electron chi connectivity index (χ1n) is 7.79. The van der Waals surface area contributed by atoms with Crippen LogP contribution in [0.3, 0.4) is 0 Å². The van der Waals surface area contributed by atoms with Crippen LogP contribution in [0.4, 0.5) is 5.82 Å². The molecule has 6 nitrogen and oxygen atoms in total. The van der Waals surface area contributed by atoms with Crippen LogP contribution in [-0.4, -0.2) is 15.1 Å². The summed E-state index contributed by atoms with van der Waals surface area (Å²) in [5, 5.41) is 8.07. The number of benzene rings is 1. The predicted molar refractivity (Wildman–Crippen MR) is 95.6 cm³/mol. The SMILES string of the molecule is Cc1nc(NCc2ccc(C)o2)c2onc(-c3ccc(Cl)cc3)c2n1. The van der Waals surface area contributed by atoms with E-state index in [0.29, 0.717) is 40.0 Å². The Balaban J connectivity index is 1.72. The van der Waals surface area contributed by atoms with Crippen molar-refractivity contribution in [1.82, 2.24) is 15.1 Å². The average Bonchev–Trinajstić information content (AvgIpc) is 3.19. The van der Waals surface area contributed by atoms with Gasteiger partial charge in [0.1, 0.15) is 28.6 Å². The number of hydrogen-bond acceptors (Lipinski definition) is 6. The van der Waals surface area contributed by atoms with E-state index in [1.165, 1.54) is 0 Å². The average molecular weight is 355 g/mol.